The van der Waals surface area contributed by atoms with Gasteiger partial charge in [-0.2, -0.15) is 0 Å². The van der Waals surface area contributed by atoms with Gasteiger partial charge in [0.05, 0.1) is 5.56 Å². The molecule has 4 heteroatoms. The van der Waals surface area contributed by atoms with Gasteiger partial charge in [-0.1, -0.05) is 29.3 Å². The van der Waals surface area contributed by atoms with E-state index in [1.165, 1.54) is 6.07 Å². The van der Waals surface area contributed by atoms with Crippen molar-refractivity contribution in [1.82, 2.24) is 0 Å². The summed E-state index contributed by atoms with van der Waals surface area (Å²) in [5.41, 5.74) is 2.68. The van der Waals surface area contributed by atoms with Gasteiger partial charge in [0, 0.05) is 15.6 Å². The van der Waals surface area contributed by atoms with E-state index < -0.39 is 5.97 Å². The molecule has 92 valence electrons. The minimum Gasteiger partial charge on any atom is -0.478 e. The highest BCUT2D eigenvalue weighted by atomic mass is 35.5. The summed E-state index contributed by atoms with van der Waals surface area (Å²) >= 11 is 12.1. The predicted molar refractivity (Wildman–Crippen MR) is 73.6 cm³/mol. The highest BCUT2D eigenvalue weighted by Gasteiger charge is 2.09. The second-order valence-corrected chi connectivity index (χ2v) is 4.78. The van der Waals surface area contributed by atoms with Gasteiger partial charge < -0.3 is 5.11 Å². The summed E-state index contributed by atoms with van der Waals surface area (Å²) in [5, 5.41) is 10.2. The first-order valence-corrected chi connectivity index (χ1v) is 6.04. The number of hydrogen-bond donors (Lipinski definition) is 1. The van der Waals surface area contributed by atoms with E-state index in [9.17, 15) is 4.79 Å². The zero-order valence-corrected chi connectivity index (χ0v) is 11.1. The van der Waals surface area contributed by atoms with Crippen LogP contribution in [0.3, 0.4) is 0 Å². The Morgan fingerprint density at radius 1 is 1.06 bits per heavy atom. The van der Waals surface area contributed by atoms with Gasteiger partial charge in [0.1, 0.15) is 0 Å². The van der Waals surface area contributed by atoms with E-state index >= 15 is 0 Å². The minimum atomic E-state index is -0.974. The average Bonchev–Trinajstić information content (AvgIpc) is 2.33. The molecule has 18 heavy (non-hydrogen) atoms. The van der Waals surface area contributed by atoms with E-state index in [0.29, 0.717) is 15.6 Å². The van der Waals surface area contributed by atoms with Gasteiger partial charge in [-0.25, -0.2) is 4.79 Å². The number of hydrogen-bond acceptors (Lipinski definition) is 1. The Bertz CT molecular complexity index is 621. The normalized spacial score (nSPS) is 10.4. The molecule has 0 fully saturated rings. The summed E-state index contributed by atoms with van der Waals surface area (Å²) in [6, 6.07) is 10.1. The van der Waals surface area contributed by atoms with Crippen LogP contribution in [0.1, 0.15) is 15.9 Å². The van der Waals surface area contributed by atoms with E-state index in [1.54, 1.807) is 18.2 Å². The Hall–Kier alpha value is -1.51. The van der Waals surface area contributed by atoms with Gasteiger partial charge >= 0.3 is 5.97 Å². The van der Waals surface area contributed by atoms with Crippen LogP contribution < -0.4 is 0 Å². The van der Waals surface area contributed by atoms with E-state index in [1.807, 2.05) is 19.1 Å². The molecule has 0 aromatic heterocycles. The van der Waals surface area contributed by atoms with Crippen LogP contribution in [-0.4, -0.2) is 11.1 Å². The lowest BCUT2D eigenvalue weighted by molar-refractivity contribution is 0.0697. The van der Waals surface area contributed by atoms with Gasteiger partial charge in [0.15, 0.2) is 0 Å². The number of aromatic carboxylic acids is 1. The molecular weight excluding hydrogens is 271 g/mol. The highest BCUT2D eigenvalue weighted by Crippen LogP contribution is 2.31. The first kappa shape index (κ1) is 12.9. The van der Waals surface area contributed by atoms with Crippen LogP contribution in [-0.2, 0) is 0 Å². The van der Waals surface area contributed by atoms with Crippen LogP contribution >= 0.6 is 23.2 Å². The van der Waals surface area contributed by atoms with Crippen LogP contribution in [0, 0.1) is 6.92 Å². The molecule has 2 aromatic rings. The summed E-state index contributed by atoms with van der Waals surface area (Å²) in [6.45, 7) is 1.89. The molecule has 0 amide bonds. The van der Waals surface area contributed by atoms with Crippen molar-refractivity contribution < 1.29 is 9.90 Å². The third-order valence-electron chi connectivity index (χ3n) is 2.68. The largest absolute Gasteiger partial charge is 0.478 e. The van der Waals surface area contributed by atoms with Crippen molar-refractivity contribution in [1.29, 1.82) is 0 Å². The number of benzene rings is 2. The van der Waals surface area contributed by atoms with Crippen LogP contribution in [0.2, 0.25) is 10.0 Å². The predicted octanol–water partition coefficient (Wildman–Crippen LogP) is 4.67. The second-order valence-electron chi connectivity index (χ2n) is 3.96. The molecule has 2 aromatic carbocycles. The molecule has 0 bridgehead atoms. The van der Waals surface area contributed by atoms with E-state index in [0.717, 1.165) is 11.1 Å². The second kappa shape index (κ2) is 5.01. The molecule has 0 aliphatic carbocycles. The number of halogens is 2. The molecule has 0 heterocycles. The van der Waals surface area contributed by atoms with Gasteiger partial charge in [-0.15, -0.1) is 0 Å². The summed E-state index contributed by atoms with van der Waals surface area (Å²) in [4.78, 5) is 11.0. The van der Waals surface area contributed by atoms with Crippen molar-refractivity contribution in [3.8, 4) is 11.1 Å². The highest BCUT2D eigenvalue weighted by molar-refractivity contribution is 6.33. The zero-order valence-electron chi connectivity index (χ0n) is 9.58. The SMILES string of the molecule is Cc1cc(-c2cc(C(=O)O)ccc2Cl)ccc1Cl. The van der Waals surface area contributed by atoms with Crippen molar-refractivity contribution in [2.75, 3.05) is 0 Å². The number of carboxylic acid groups (broad SMARTS) is 1. The lowest BCUT2D eigenvalue weighted by Crippen LogP contribution is -1.96. The molecule has 0 atom stereocenters. The maximum Gasteiger partial charge on any atom is 0.335 e. The molecule has 2 rings (SSSR count). The lowest BCUT2D eigenvalue weighted by Gasteiger charge is -2.08. The molecular formula is C14H10Cl2O2. The Kier molecular flexibility index (Phi) is 3.60. The molecule has 0 unspecified atom stereocenters. The molecule has 0 aliphatic heterocycles. The fourth-order valence-corrected chi connectivity index (χ4v) is 2.04. The average molecular weight is 281 g/mol. The number of aryl methyl sites for hydroxylation is 1. The molecule has 2 nitrogen and oxygen atoms in total. The summed E-state index contributed by atoms with van der Waals surface area (Å²) in [6.07, 6.45) is 0. The van der Waals surface area contributed by atoms with Gasteiger partial charge in [-0.05, 0) is 48.4 Å². The van der Waals surface area contributed by atoms with E-state index in [-0.39, 0.29) is 5.56 Å². The van der Waals surface area contributed by atoms with Gasteiger partial charge in [0.2, 0.25) is 0 Å². The number of rotatable bonds is 2. The van der Waals surface area contributed by atoms with Crippen molar-refractivity contribution >= 4 is 29.2 Å². The summed E-state index contributed by atoms with van der Waals surface area (Å²) < 4.78 is 0. The molecule has 0 aliphatic rings. The fourth-order valence-electron chi connectivity index (χ4n) is 1.69. The van der Waals surface area contributed by atoms with Crippen molar-refractivity contribution in [3.05, 3.63) is 57.6 Å². The monoisotopic (exact) mass is 280 g/mol. The summed E-state index contributed by atoms with van der Waals surface area (Å²) in [5.74, 6) is -0.974. The van der Waals surface area contributed by atoms with Crippen molar-refractivity contribution in [2.45, 2.75) is 6.92 Å². The summed E-state index contributed by atoms with van der Waals surface area (Å²) in [7, 11) is 0. The van der Waals surface area contributed by atoms with Gasteiger partial charge in [0.25, 0.3) is 0 Å². The third kappa shape index (κ3) is 2.50. The first-order chi connectivity index (χ1) is 8.49. The molecule has 0 saturated carbocycles. The van der Waals surface area contributed by atoms with Crippen molar-refractivity contribution in [2.24, 2.45) is 0 Å². The third-order valence-corrected chi connectivity index (χ3v) is 3.44. The van der Waals surface area contributed by atoms with Crippen LogP contribution in [0.25, 0.3) is 11.1 Å². The zero-order chi connectivity index (χ0) is 13.3. The maximum absolute atomic E-state index is 11.0. The standard InChI is InChI=1S/C14H10Cl2O2/c1-8-6-9(2-4-12(8)15)11-7-10(14(17)18)3-5-13(11)16/h2-7H,1H3,(H,17,18). The van der Waals surface area contributed by atoms with Crippen LogP contribution in [0.15, 0.2) is 36.4 Å². The molecule has 0 saturated heterocycles. The Balaban J connectivity index is 2.58. The smallest absolute Gasteiger partial charge is 0.335 e. The fraction of sp³-hybridized carbons (Fsp3) is 0.0714. The molecule has 0 spiro atoms. The Labute approximate surface area is 115 Å². The number of carbonyl (C=O) groups is 1. The van der Waals surface area contributed by atoms with E-state index in [2.05, 4.69) is 0 Å². The van der Waals surface area contributed by atoms with Crippen molar-refractivity contribution in [3.63, 3.8) is 0 Å². The topological polar surface area (TPSA) is 37.3 Å². The van der Waals surface area contributed by atoms with Gasteiger partial charge in [-0.3, -0.25) is 0 Å². The Morgan fingerprint density at radius 3 is 2.33 bits per heavy atom. The van der Waals surface area contributed by atoms with Crippen LogP contribution in [0.5, 0.6) is 0 Å². The van der Waals surface area contributed by atoms with Crippen LogP contribution in [0.4, 0.5) is 0 Å². The van der Waals surface area contributed by atoms with E-state index in [4.69, 9.17) is 28.3 Å². The number of carboxylic acids is 1. The molecule has 1 N–H and O–H groups in total. The Morgan fingerprint density at radius 2 is 1.72 bits per heavy atom. The minimum absolute atomic E-state index is 0.210. The maximum atomic E-state index is 11.0. The first-order valence-electron chi connectivity index (χ1n) is 5.28. The lowest BCUT2D eigenvalue weighted by atomic mass is 10.0. The molecule has 0 radical (unpaired) electrons. The quantitative estimate of drug-likeness (QED) is 0.868.